The van der Waals surface area contributed by atoms with Crippen LogP contribution in [0.5, 0.6) is 0 Å². The number of furan rings is 1. The molecule has 144 valence electrons. The van der Waals surface area contributed by atoms with Crippen molar-refractivity contribution in [3.8, 4) is 0 Å². The molecule has 0 saturated heterocycles. The van der Waals surface area contributed by atoms with Gasteiger partial charge in [-0.25, -0.2) is 0 Å². The standard InChI is InChI=1S/C20H17Cl2N3O3/c21-14-8-15(22)10-17(9-14)23-12-19(26)25-16-5-3-13(4-6-16)20(27)24-11-18-2-1-7-28-18/h1-10,23H,11-12H2,(H,24,27)(H,25,26). The Kier molecular flexibility index (Phi) is 6.57. The zero-order chi connectivity index (χ0) is 19.9. The number of amides is 2. The van der Waals surface area contributed by atoms with Crippen molar-refractivity contribution in [2.45, 2.75) is 6.54 Å². The van der Waals surface area contributed by atoms with Gasteiger partial charge in [0, 0.05) is 27.0 Å². The first-order valence-electron chi connectivity index (χ1n) is 8.40. The van der Waals surface area contributed by atoms with Crippen LogP contribution in [-0.2, 0) is 11.3 Å². The van der Waals surface area contributed by atoms with Gasteiger partial charge < -0.3 is 20.4 Å². The van der Waals surface area contributed by atoms with E-state index in [1.165, 1.54) is 0 Å². The molecule has 0 aliphatic rings. The fourth-order valence-corrected chi connectivity index (χ4v) is 2.96. The summed E-state index contributed by atoms with van der Waals surface area (Å²) in [6, 6.07) is 15.1. The molecule has 0 radical (unpaired) electrons. The molecule has 2 aromatic carbocycles. The number of carbonyl (C=O) groups excluding carboxylic acids is 2. The number of hydrogen-bond donors (Lipinski definition) is 3. The van der Waals surface area contributed by atoms with Crippen LogP contribution >= 0.6 is 23.2 Å². The van der Waals surface area contributed by atoms with Gasteiger partial charge in [-0.1, -0.05) is 23.2 Å². The highest BCUT2D eigenvalue weighted by Gasteiger charge is 2.08. The normalized spacial score (nSPS) is 10.4. The molecule has 8 heteroatoms. The molecular formula is C20H17Cl2N3O3. The average molecular weight is 418 g/mol. The highest BCUT2D eigenvalue weighted by molar-refractivity contribution is 6.35. The molecule has 1 aromatic heterocycles. The number of anilines is 2. The highest BCUT2D eigenvalue weighted by atomic mass is 35.5. The molecule has 0 atom stereocenters. The van der Waals surface area contributed by atoms with Crippen molar-refractivity contribution in [3.05, 3.63) is 82.2 Å². The molecule has 0 saturated carbocycles. The molecule has 6 nitrogen and oxygen atoms in total. The van der Waals surface area contributed by atoms with Crippen LogP contribution in [0, 0.1) is 0 Å². The molecule has 0 aliphatic heterocycles. The molecule has 3 aromatic rings. The van der Waals surface area contributed by atoms with E-state index in [1.807, 2.05) is 0 Å². The van der Waals surface area contributed by atoms with Crippen molar-refractivity contribution in [1.29, 1.82) is 0 Å². The number of hydrogen-bond acceptors (Lipinski definition) is 4. The summed E-state index contributed by atoms with van der Waals surface area (Å²) in [6.45, 7) is 0.353. The molecule has 2 amide bonds. The monoisotopic (exact) mass is 417 g/mol. The van der Waals surface area contributed by atoms with Crippen molar-refractivity contribution in [2.24, 2.45) is 0 Å². The van der Waals surface area contributed by atoms with E-state index in [0.29, 0.717) is 39.3 Å². The molecule has 0 fully saturated rings. The number of rotatable bonds is 7. The fourth-order valence-electron chi connectivity index (χ4n) is 2.43. The Balaban J connectivity index is 1.49. The van der Waals surface area contributed by atoms with Crippen LogP contribution < -0.4 is 16.0 Å². The maximum absolute atomic E-state index is 12.1. The first kappa shape index (κ1) is 19.8. The topological polar surface area (TPSA) is 83.4 Å². The number of halogens is 2. The van der Waals surface area contributed by atoms with Gasteiger partial charge >= 0.3 is 0 Å². The highest BCUT2D eigenvalue weighted by Crippen LogP contribution is 2.22. The average Bonchev–Trinajstić information content (AvgIpc) is 3.18. The predicted molar refractivity (Wildman–Crippen MR) is 110 cm³/mol. The van der Waals surface area contributed by atoms with Gasteiger partial charge in [0.15, 0.2) is 0 Å². The Morgan fingerprint density at radius 3 is 2.29 bits per heavy atom. The van der Waals surface area contributed by atoms with E-state index in [0.717, 1.165) is 0 Å². The minimum Gasteiger partial charge on any atom is -0.467 e. The van der Waals surface area contributed by atoms with Crippen LogP contribution in [0.1, 0.15) is 16.1 Å². The van der Waals surface area contributed by atoms with Gasteiger partial charge in [-0.15, -0.1) is 0 Å². The van der Waals surface area contributed by atoms with Crippen molar-refractivity contribution in [2.75, 3.05) is 17.2 Å². The summed E-state index contributed by atoms with van der Waals surface area (Å²) in [5.41, 5.74) is 1.71. The summed E-state index contributed by atoms with van der Waals surface area (Å²) < 4.78 is 5.17. The van der Waals surface area contributed by atoms with E-state index in [2.05, 4.69) is 16.0 Å². The second-order valence-electron chi connectivity index (χ2n) is 5.90. The minimum atomic E-state index is -0.244. The molecule has 0 bridgehead atoms. The molecule has 3 rings (SSSR count). The maximum Gasteiger partial charge on any atom is 0.251 e. The van der Waals surface area contributed by atoms with Crippen LogP contribution in [0.3, 0.4) is 0 Å². The largest absolute Gasteiger partial charge is 0.467 e. The van der Waals surface area contributed by atoms with E-state index >= 15 is 0 Å². The summed E-state index contributed by atoms with van der Waals surface area (Å²) in [7, 11) is 0. The fraction of sp³-hybridized carbons (Fsp3) is 0.100. The second-order valence-corrected chi connectivity index (χ2v) is 6.77. The van der Waals surface area contributed by atoms with Crippen LogP contribution in [-0.4, -0.2) is 18.4 Å². The third-order valence-corrected chi connectivity index (χ3v) is 4.19. The molecule has 28 heavy (non-hydrogen) atoms. The Hall–Kier alpha value is -2.96. The summed E-state index contributed by atoms with van der Waals surface area (Å²) in [5.74, 6) is 0.200. The maximum atomic E-state index is 12.1. The van der Waals surface area contributed by atoms with E-state index in [9.17, 15) is 9.59 Å². The zero-order valence-corrected chi connectivity index (χ0v) is 16.2. The molecule has 0 unspecified atom stereocenters. The second kappa shape index (κ2) is 9.30. The predicted octanol–water partition coefficient (Wildman–Crippen LogP) is 4.57. The van der Waals surface area contributed by atoms with Gasteiger partial charge in [0.1, 0.15) is 5.76 Å². The lowest BCUT2D eigenvalue weighted by Crippen LogP contribution is -2.23. The lowest BCUT2D eigenvalue weighted by Gasteiger charge is -2.09. The van der Waals surface area contributed by atoms with Gasteiger partial charge in [0.25, 0.3) is 5.91 Å². The Labute approximate surface area is 171 Å². The van der Waals surface area contributed by atoms with Gasteiger partial charge in [-0.05, 0) is 54.6 Å². The summed E-state index contributed by atoms with van der Waals surface area (Å²) >= 11 is 11.8. The number of carbonyl (C=O) groups is 2. The van der Waals surface area contributed by atoms with Crippen LogP contribution in [0.25, 0.3) is 0 Å². The quantitative estimate of drug-likeness (QED) is 0.525. The number of benzene rings is 2. The molecule has 0 aliphatic carbocycles. The van der Waals surface area contributed by atoms with E-state index in [1.54, 1.807) is 60.9 Å². The molecule has 3 N–H and O–H groups in total. The van der Waals surface area contributed by atoms with Crippen molar-refractivity contribution in [3.63, 3.8) is 0 Å². The molecule has 1 heterocycles. The van der Waals surface area contributed by atoms with E-state index < -0.39 is 0 Å². The first-order chi connectivity index (χ1) is 13.5. The van der Waals surface area contributed by atoms with Gasteiger partial charge in [0.2, 0.25) is 5.91 Å². The van der Waals surface area contributed by atoms with Gasteiger partial charge in [-0.3, -0.25) is 9.59 Å². The summed E-state index contributed by atoms with van der Waals surface area (Å²) in [6.07, 6.45) is 1.55. The zero-order valence-electron chi connectivity index (χ0n) is 14.7. The van der Waals surface area contributed by atoms with Crippen LogP contribution in [0.2, 0.25) is 10.0 Å². The SMILES string of the molecule is O=C(CNc1cc(Cl)cc(Cl)c1)Nc1ccc(C(=O)NCc2ccco2)cc1. The van der Waals surface area contributed by atoms with Crippen molar-refractivity contribution >= 4 is 46.4 Å². The van der Waals surface area contributed by atoms with Gasteiger partial charge in [0.05, 0.1) is 19.4 Å². The van der Waals surface area contributed by atoms with Crippen molar-refractivity contribution < 1.29 is 14.0 Å². The molecular weight excluding hydrogens is 401 g/mol. The first-order valence-corrected chi connectivity index (χ1v) is 9.15. The lowest BCUT2D eigenvalue weighted by atomic mass is 10.2. The Bertz CT molecular complexity index is 937. The third kappa shape index (κ3) is 5.77. The summed E-state index contributed by atoms with van der Waals surface area (Å²) in [4.78, 5) is 24.2. The lowest BCUT2D eigenvalue weighted by molar-refractivity contribution is -0.114. The Morgan fingerprint density at radius 1 is 0.929 bits per heavy atom. The van der Waals surface area contributed by atoms with Crippen LogP contribution in [0.4, 0.5) is 11.4 Å². The van der Waals surface area contributed by atoms with Crippen LogP contribution in [0.15, 0.2) is 65.3 Å². The van der Waals surface area contributed by atoms with E-state index in [4.69, 9.17) is 27.6 Å². The van der Waals surface area contributed by atoms with E-state index in [-0.39, 0.29) is 18.4 Å². The Morgan fingerprint density at radius 2 is 1.64 bits per heavy atom. The summed E-state index contributed by atoms with van der Waals surface area (Å²) in [5, 5.41) is 9.42. The molecule has 0 spiro atoms. The number of nitrogens with one attached hydrogen (secondary N) is 3. The smallest absolute Gasteiger partial charge is 0.251 e. The van der Waals surface area contributed by atoms with Crippen molar-refractivity contribution in [1.82, 2.24) is 5.32 Å². The minimum absolute atomic E-state index is 0.0437. The van der Waals surface area contributed by atoms with Gasteiger partial charge in [-0.2, -0.15) is 0 Å². The third-order valence-electron chi connectivity index (χ3n) is 3.75.